The summed E-state index contributed by atoms with van der Waals surface area (Å²) in [6.07, 6.45) is 0.911. The third-order valence-corrected chi connectivity index (χ3v) is 1.85. The van der Waals surface area contributed by atoms with Gasteiger partial charge < -0.3 is 9.84 Å². The topological polar surface area (TPSA) is 63.6 Å². The number of hydrogen-bond acceptors (Lipinski definition) is 3. The molecule has 0 heterocycles. The van der Waals surface area contributed by atoms with Crippen molar-refractivity contribution in [2.45, 2.75) is 25.9 Å². The lowest BCUT2D eigenvalue weighted by molar-refractivity contribution is -0.165. The number of ether oxygens (including phenoxy) is 1. The van der Waals surface area contributed by atoms with E-state index in [1.807, 2.05) is 0 Å². The predicted molar refractivity (Wildman–Crippen MR) is 35.9 cm³/mol. The van der Waals surface area contributed by atoms with Crippen LogP contribution in [-0.2, 0) is 14.3 Å². The van der Waals surface area contributed by atoms with Crippen molar-refractivity contribution in [2.75, 3.05) is 0 Å². The lowest BCUT2D eigenvalue weighted by Crippen LogP contribution is -2.40. The first-order valence-corrected chi connectivity index (χ1v) is 3.51. The Balaban J connectivity index is 2.37. The van der Waals surface area contributed by atoms with Crippen LogP contribution in [0.15, 0.2) is 0 Å². The van der Waals surface area contributed by atoms with E-state index in [0.29, 0.717) is 12.8 Å². The molecule has 1 N–H and O–H groups in total. The van der Waals surface area contributed by atoms with Crippen LogP contribution in [0.25, 0.3) is 0 Å². The molecule has 11 heavy (non-hydrogen) atoms. The quantitative estimate of drug-likeness (QED) is 0.591. The minimum atomic E-state index is -0.873. The Labute approximate surface area is 64.2 Å². The summed E-state index contributed by atoms with van der Waals surface area (Å²) in [5.74, 6) is -1.75. The van der Waals surface area contributed by atoms with Gasteiger partial charge in [0, 0.05) is 6.92 Å². The fourth-order valence-corrected chi connectivity index (χ4v) is 1.11. The first-order chi connectivity index (χ1) is 5.11. The zero-order valence-electron chi connectivity index (χ0n) is 6.24. The minimum Gasteiger partial charge on any atom is -0.481 e. The fraction of sp³-hybridized carbons (Fsp3) is 0.714. The molecule has 0 aromatic carbocycles. The normalized spacial score (nSPS) is 28.8. The Hall–Kier alpha value is -1.06. The zero-order valence-corrected chi connectivity index (χ0v) is 6.24. The molecule has 0 aromatic heterocycles. The monoisotopic (exact) mass is 158 g/mol. The van der Waals surface area contributed by atoms with Crippen molar-refractivity contribution in [2.24, 2.45) is 5.92 Å². The molecule has 0 bridgehead atoms. The molecule has 1 aliphatic rings. The number of rotatable bonds is 2. The van der Waals surface area contributed by atoms with Crippen molar-refractivity contribution >= 4 is 11.9 Å². The van der Waals surface area contributed by atoms with Crippen LogP contribution >= 0.6 is 0 Å². The molecule has 4 nitrogen and oxygen atoms in total. The Bertz CT molecular complexity index is 187. The van der Waals surface area contributed by atoms with E-state index in [1.54, 1.807) is 0 Å². The maximum Gasteiger partial charge on any atom is 0.310 e. The maximum absolute atomic E-state index is 10.4. The van der Waals surface area contributed by atoms with Gasteiger partial charge in [-0.15, -0.1) is 0 Å². The Morgan fingerprint density at radius 2 is 2.09 bits per heavy atom. The van der Waals surface area contributed by atoms with Crippen LogP contribution in [0.5, 0.6) is 0 Å². The molecule has 4 heteroatoms. The summed E-state index contributed by atoms with van der Waals surface area (Å²) in [6, 6.07) is 0. The summed E-state index contributed by atoms with van der Waals surface area (Å²) < 4.78 is 4.74. The molecule has 0 amide bonds. The predicted octanol–water partition coefficient (Wildman–Crippen LogP) is 0.413. The standard InChI is InChI=1S/C7H10O4/c1-4(8)11-6-3-2-5(6)7(9)10/h5-6H,2-3H2,1H3,(H,9,10). The highest BCUT2D eigenvalue weighted by atomic mass is 16.5. The summed E-state index contributed by atoms with van der Waals surface area (Å²) in [5, 5.41) is 8.53. The van der Waals surface area contributed by atoms with Crippen molar-refractivity contribution < 1.29 is 19.4 Å². The molecule has 62 valence electrons. The average molecular weight is 158 g/mol. The van der Waals surface area contributed by atoms with Crippen LogP contribution in [0, 0.1) is 5.92 Å². The third kappa shape index (κ3) is 1.69. The van der Waals surface area contributed by atoms with E-state index in [0.717, 1.165) is 0 Å². The lowest BCUT2D eigenvalue weighted by Gasteiger charge is -2.32. The summed E-state index contributed by atoms with van der Waals surface area (Å²) in [5.41, 5.74) is 0. The number of esters is 1. The van der Waals surface area contributed by atoms with Gasteiger partial charge in [0.25, 0.3) is 0 Å². The first kappa shape index (κ1) is 8.04. The molecular weight excluding hydrogens is 148 g/mol. The molecule has 0 aliphatic heterocycles. The van der Waals surface area contributed by atoms with Gasteiger partial charge in [-0.3, -0.25) is 9.59 Å². The van der Waals surface area contributed by atoms with Gasteiger partial charge in [-0.25, -0.2) is 0 Å². The van der Waals surface area contributed by atoms with Crippen molar-refractivity contribution in [3.05, 3.63) is 0 Å². The summed E-state index contributed by atoms with van der Waals surface area (Å²) in [4.78, 5) is 20.8. The third-order valence-electron chi connectivity index (χ3n) is 1.85. The molecule has 1 rings (SSSR count). The number of carboxylic acid groups (broad SMARTS) is 1. The van der Waals surface area contributed by atoms with Crippen LogP contribution in [0.2, 0.25) is 0 Å². The maximum atomic E-state index is 10.4. The van der Waals surface area contributed by atoms with Crippen LogP contribution in [-0.4, -0.2) is 23.1 Å². The zero-order chi connectivity index (χ0) is 8.43. The van der Waals surface area contributed by atoms with Crippen LogP contribution < -0.4 is 0 Å². The SMILES string of the molecule is CC(=O)OC1CCC1C(=O)O. The Morgan fingerprint density at radius 3 is 2.36 bits per heavy atom. The van der Waals surface area contributed by atoms with Crippen molar-refractivity contribution in [1.29, 1.82) is 0 Å². The number of carbonyl (C=O) groups is 2. The molecule has 0 radical (unpaired) electrons. The molecule has 2 atom stereocenters. The van der Waals surface area contributed by atoms with Crippen molar-refractivity contribution in [3.8, 4) is 0 Å². The largest absolute Gasteiger partial charge is 0.481 e. The summed E-state index contributed by atoms with van der Waals surface area (Å²) >= 11 is 0. The number of aliphatic carboxylic acids is 1. The highest BCUT2D eigenvalue weighted by molar-refractivity contribution is 5.73. The minimum absolute atomic E-state index is 0.384. The lowest BCUT2D eigenvalue weighted by atomic mass is 9.82. The highest BCUT2D eigenvalue weighted by Crippen LogP contribution is 2.30. The number of hydrogen-bond donors (Lipinski definition) is 1. The summed E-state index contributed by atoms with van der Waals surface area (Å²) in [7, 11) is 0. The van der Waals surface area contributed by atoms with Gasteiger partial charge in [0.15, 0.2) is 0 Å². The van der Waals surface area contributed by atoms with E-state index in [4.69, 9.17) is 9.84 Å². The second kappa shape index (κ2) is 2.90. The van der Waals surface area contributed by atoms with E-state index < -0.39 is 17.9 Å². The van der Waals surface area contributed by atoms with E-state index in [9.17, 15) is 9.59 Å². The van der Waals surface area contributed by atoms with Crippen LogP contribution in [0.4, 0.5) is 0 Å². The molecule has 0 spiro atoms. The fourth-order valence-electron chi connectivity index (χ4n) is 1.11. The molecule has 1 saturated carbocycles. The molecule has 1 aliphatic carbocycles. The Morgan fingerprint density at radius 1 is 1.45 bits per heavy atom. The van der Waals surface area contributed by atoms with Gasteiger partial charge in [0.1, 0.15) is 6.10 Å². The van der Waals surface area contributed by atoms with Gasteiger partial charge in [0.2, 0.25) is 0 Å². The molecule has 1 fully saturated rings. The second-order valence-corrected chi connectivity index (χ2v) is 2.67. The van der Waals surface area contributed by atoms with Crippen molar-refractivity contribution in [3.63, 3.8) is 0 Å². The van der Waals surface area contributed by atoms with E-state index in [2.05, 4.69) is 0 Å². The molecule has 0 saturated heterocycles. The molecule has 2 unspecified atom stereocenters. The van der Waals surface area contributed by atoms with Crippen LogP contribution in [0.3, 0.4) is 0 Å². The van der Waals surface area contributed by atoms with Gasteiger partial charge >= 0.3 is 11.9 Å². The van der Waals surface area contributed by atoms with Crippen LogP contribution in [0.1, 0.15) is 19.8 Å². The van der Waals surface area contributed by atoms with Crippen molar-refractivity contribution in [1.82, 2.24) is 0 Å². The molecule has 0 aromatic rings. The number of carboxylic acids is 1. The number of carbonyl (C=O) groups excluding carboxylic acids is 1. The first-order valence-electron chi connectivity index (χ1n) is 3.51. The Kier molecular flexibility index (Phi) is 2.12. The smallest absolute Gasteiger partial charge is 0.310 e. The molecular formula is C7H10O4. The second-order valence-electron chi connectivity index (χ2n) is 2.67. The van der Waals surface area contributed by atoms with E-state index >= 15 is 0 Å². The average Bonchev–Trinajstić information content (AvgIpc) is 1.78. The van der Waals surface area contributed by atoms with E-state index in [-0.39, 0.29) is 6.10 Å². The highest BCUT2D eigenvalue weighted by Gasteiger charge is 2.38. The summed E-state index contributed by atoms with van der Waals surface area (Å²) in [6.45, 7) is 1.29. The van der Waals surface area contributed by atoms with Gasteiger partial charge in [-0.1, -0.05) is 0 Å². The van der Waals surface area contributed by atoms with Gasteiger partial charge in [-0.2, -0.15) is 0 Å². The van der Waals surface area contributed by atoms with E-state index in [1.165, 1.54) is 6.92 Å². The van der Waals surface area contributed by atoms with Gasteiger partial charge in [0.05, 0.1) is 5.92 Å². The van der Waals surface area contributed by atoms with Gasteiger partial charge in [-0.05, 0) is 12.8 Å².